The number of nitrogens with zero attached hydrogens (tertiary/aromatic N) is 1. The van der Waals surface area contributed by atoms with E-state index in [0.29, 0.717) is 19.5 Å². The molecule has 108 valence electrons. The predicted molar refractivity (Wildman–Crippen MR) is 75.3 cm³/mol. The maximum absolute atomic E-state index is 11.4. The van der Waals surface area contributed by atoms with E-state index in [2.05, 4.69) is 5.32 Å². The third-order valence-corrected chi connectivity index (χ3v) is 3.67. The number of hydrogen-bond donors (Lipinski definition) is 2. The first-order valence-electron chi connectivity index (χ1n) is 6.82. The number of rotatable bonds is 5. The first-order valence-corrected chi connectivity index (χ1v) is 6.82. The second-order valence-corrected chi connectivity index (χ2v) is 5.23. The molecule has 0 radical (unpaired) electrons. The normalized spacial score (nSPS) is 19.1. The van der Waals surface area contributed by atoms with Crippen molar-refractivity contribution in [3.8, 4) is 0 Å². The molecule has 20 heavy (non-hydrogen) atoms. The number of nitrogens with one attached hydrogen (secondary N) is 1. The Morgan fingerprint density at radius 1 is 1.40 bits per heavy atom. The number of likely N-dealkylation sites (tertiary alicyclic amines) is 1. The Bertz CT molecular complexity index is 502. The van der Waals surface area contributed by atoms with Gasteiger partial charge >= 0.3 is 5.97 Å². The van der Waals surface area contributed by atoms with E-state index in [4.69, 9.17) is 5.11 Å². The minimum atomic E-state index is -0.819. The number of carbonyl (C=O) groups is 2. The van der Waals surface area contributed by atoms with Gasteiger partial charge in [-0.1, -0.05) is 24.3 Å². The van der Waals surface area contributed by atoms with Crippen LogP contribution in [0.5, 0.6) is 0 Å². The summed E-state index contributed by atoms with van der Waals surface area (Å²) < 4.78 is 0. The van der Waals surface area contributed by atoms with E-state index in [9.17, 15) is 9.59 Å². The lowest BCUT2D eigenvalue weighted by Crippen LogP contribution is -2.46. The Morgan fingerprint density at radius 2 is 2.10 bits per heavy atom. The molecule has 1 aliphatic rings. The van der Waals surface area contributed by atoms with Crippen LogP contribution < -0.4 is 5.32 Å². The molecule has 1 aromatic carbocycles. The van der Waals surface area contributed by atoms with Gasteiger partial charge < -0.3 is 15.3 Å². The van der Waals surface area contributed by atoms with Crippen molar-refractivity contribution in [2.45, 2.75) is 31.8 Å². The van der Waals surface area contributed by atoms with Gasteiger partial charge in [-0.3, -0.25) is 9.59 Å². The molecule has 1 fully saturated rings. The fourth-order valence-corrected chi connectivity index (χ4v) is 2.50. The number of aliphatic carboxylic acids is 1. The molecule has 0 aromatic heterocycles. The van der Waals surface area contributed by atoms with Crippen molar-refractivity contribution in [1.82, 2.24) is 10.2 Å². The first-order chi connectivity index (χ1) is 9.56. The highest BCUT2D eigenvalue weighted by Crippen LogP contribution is 2.13. The van der Waals surface area contributed by atoms with Crippen LogP contribution in [0.25, 0.3) is 0 Å². The summed E-state index contributed by atoms with van der Waals surface area (Å²) in [6.07, 6.45) is 1.45. The summed E-state index contributed by atoms with van der Waals surface area (Å²) in [5, 5.41) is 12.3. The van der Waals surface area contributed by atoms with Crippen molar-refractivity contribution < 1.29 is 14.7 Å². The number of carboxylic acids is 1. The molecule has 1 aliphatic heterocycles. The van der Waals surface area contributed by atoms with Gasteiger partial charge in [0.15, 0.2) is 0 Å². The number of carboxylic acid groups (broad SMARTS) is 1. The number of amides is 1. The summed E-state index contributed by atoms with van der Waals surface area (Å²) in [6.45, 7) is 1.34. The van der Waals surface area contributed by atoms with Crippen LogP contribution in [0.15, 0.2) is 24.3 Å². The molecule has 1 atom stereocenters. The zero-order chi connectivity index (χ0) is 14.5. The lowest BCUT2D eigenvalue weighted by atomic mass is 10.0. The summed E-state index contributed by atoms with van der Waals surface area (Å²) in [6, 6.07) is 7.84. The number of benzene rings is 1. The van der Waals surface area contributed by atoms with Crippen LogP contribution in [0, 0.1) is 0 Å². The topological polar surface area (TPSA) is 69.6 Å². The smallest absolute Gasteiger partial charge is 0.307 e. The Balaban J connectivity index is 1.94. The van der Waals surface area contributed by atoms with Crippen molar-refractivity contribution in [3.05, 3.63) is 35.4 Å². The van der Waals surface area contributed by atoms with Gasteiger partial charge in [0.25, 0.3) is 0 Å². The predicted octanol–water partition coefficient (Wildman–Crippen LogP) is 1.02. The SMILES string of the molecule is CN1CC(NCc2ccccc2CC(=O)O)CCC1=O. The minimum absolute atomic E-state index is 0.0426. The first kappa shape index (κ1) is 14.5. The molecule has 0 aliphatic carbocycles. The third kappa shape index (κ3) is 3.81. The highest BCUT2D eigenvalue weighted by Gasteiger charge is 2.22. The molecule has 2 N–H and O–H groups in total. The van der Waals surface area contributed by atoms with Crippen LogP contribution in [0.3, 0.4) is 0 Å². The van der Waals surface area contributed by atoms with E-state index in [1.807, 2.05) is 31.3 Å². The molecule has 1 heterocycles. The summed E-state index contributed by atoms with van der Waals surface area (Å²) in [4.78, 5) is 24.0. The van der Waals surface area contributed by atoms with Crippen molar-refractivity contribution in [2.75, 3.05) is 13.6 Å². The second kappa shape index (κ2) is 6.52. The summed E-state index contributed by atoms with van der Waals surface area (Å²) in [7, 11) is 1.81. The maximum atomic E-state index is 11.4. The lowest BCUT2D eigenvalue weighted by Gasteiger charge is -2.30. The number of piperidine rings is 1. The third-order valence-electron chi connectivity index (χ3n) is 3.67. The van der Waals surface area contributed by atoms with Gasteiger partial charge in [0.1, 0.15) is 0 Å². The van der Waals surface area contributed by atoms with Gasteiger partial charge in [-0.05, 0) is 17.5 Å². The zero-order valence-electron chi connectivity index (χ0n) is 11.6. The Labute approximate surface area is 118 Å². The van der Waals surface area contributed by atoms with Crippen molar-refractivity contribution in [2.24, 2.45) is 0 Å². The van der Waals surface area contributed by atoms with E-state index >= 15 is 0 Å². The van der Waals surface area contributed by atoms with E-state index in [1.54, 1.807) is 4.90 Å². The fraction of sp³-hybridized carbons (Fsp3) is 0.467. The van der Waals surface area contributed by atoms with Crippen LogP contribution in [0.4, 0.5) is 0 Å². The van der Waals surface area contributed by atoms with Crippen LogP contribution >= 0.6 is 0 Å². The minimum Gasteiger partial charge on any atom is -0.481 e. The highest BCUT2D eigenvalue weighted by atomic mass is 16.4. The fourth-order valence-electron chi connectivity index (χ4n) is 2.50. The van der Waals surface area contributed by atoms with E-state index in [1.165, 1.54) is 0 Å². The largest absolute Gasteiger partial charge is 0.481 e. The van der Waals surface area contributed by atoms with Crippen LogP contribution in [0.2, 0.25) is 0 Å². The van der Waals surface area contributed by atoms with Crippen LogP contribution in [-0.4, -0.2) is 41.5 Å². The Kier molecular flexibility index (Phi) is 4.74. The molecule has 1 unspecified atom stereocenters. The maximum Gasteiger partial charge on any atom is 0.307 e. The Morgan fingerprint density at radius 3 is 2.75 bits per heavy atom. The average molecular weight is 276 g/mol. The quantitative estimate of drug-likeness (QED) is 0.842. The van der Waals surface area contributed by atoms with E-state index < -0.39 is 5.97 Å². The number of likely N-dealkylation sites (N-methyl/N-ethyl adjacent to an activating group) is 1. The van der Waals surface area contributed by atoms with E-state index in [-0.39, 0.29) is 18.4 Å². The van der Waals surface area contributed by atoms with Crippen LogP contribution in [0.1, 0.15) is 24.0 Å². The van der Waals surface area contributed by atoms with Gasteiger partial charge in [-0.25, -0.2) is 0 Å². The molecule has 2 rings (SSSR count). The van der Waals surface area contributed by atoms with Gasteiger partial charge in [-0.15, -0.1) is 0 Å². The van der Waals surface area contributed by atoms with Gasteiger partial charge in [0, 0.05) is 32.6 Å². The lowest BCUT2D eigenvalue weighted by molar-refractivity contribution is -0.136. The molecule has 0 bridgehead atoms. The second-order valence-electron chi connectivity index (χ2n) is 5.23. The van der Waals surface area contributed by atoms with Gasteiger partial charge in [-0.2, -0.15) is 0 Å². The molecule has 1 amide bonds. The molecular formula is C15H20N2O3. The van der Waals surface area contributed by atoms with Crippen molar-refractivity contribution >= 4 is 11.9 Å². The molecule has 1 saturated heterocycles. The summed E-state index contributed by atoms with van der Waals surface area (Å²) in [5.74, 6) is -0.630. The summed E-state index contributed by atoms with van der Waals surface area (Å²) >= 11 is 0. The molecule has 5 heteroatoms. The number of hydrogen-bond acceptors (Lipinski definition) is 3. The molecule has 1 aromatic rings. The standard InChI is InChI=1S/C15H20N2O3/c1-17-10-13(6-7-14(17)18)16-9-12-5-3-2-4-11(12)8-15(19)20/h2-5,13,16H,6-10H2,1H3,(H,19,20). The average Bonchev–Trinajstić information content (AvgIpc) is 2.41. The van der Waals surface area contributed by atoms with Crippen molar-refractivity contribution in [3.63, 3.8) is 0 Å². The number of carbonyl (C=O) groups excluding carboxylic acids is 1. The van der Waals surface area contributed by atoms with Gasteiger partial charge in [0.2, 0.25) is 5.91 Å². The zero-order valence-corrected chi connectivity index (χ0v) is 11.6. The Hall–Kier alpha value is -1.88. The highest BCUT2D eigenvalue weighted by molar-refractivity contribution is 5.76. The summed E-state index contributed by atoms with van der Waals surface area (Å²) in [5.41, 5.74) is 1.85. The van der Waals surface area contributed by atoms with Crippen molar-refractivity contribution in [1.29, 1.82) is 0 Å². The monoisotopic (exact) mass is 276 g/mol. The molecule has 0 saturated carbocycles. The molecular weight excluding hydrogens is 256 g/mol. The molecule has 5 nitrogen and oxygen atoms in total. The van der Waals surface area contributed by atoms with Gasteiger partial charge in [0.05, 0.1) is 6.42 Å². The van der Waals surface area contributed by atoms with Crippen LogP contribution in [-0.2, 0) is 22.6 Å². The molecule has 0 spiro atoms. The van der Waals surface area contributed by atoms with E-state index in [0.717, 1.165) is 17.5 Å².